The summed E-state index contributed by atoms with van der Waals surface area (Å²) in [6.45, 7) is 0. The molecule has 2 heterocycles. The minimum atomic E-state index is -2.98. The highest BCUT2D eigenvalue weighted by molar-refractivity contribution is 9.10. The first-order valence-corrected chi connectivity index (χ1v) is 8.71. The van der Waals surface area contributed by atoms with Crippen LogP contribution in [0.1, 0.15) is 22.5 Å². The van der Waals surface area contributed by atoms with Crippen LogP contribution >= 0.6 is 27.3 Å². The lowest BCUT2D eigenvalue weighted by Gasteiger charge is -2.22. The molecule has 1 unspecified atom stereocenters. The number of hydrogen-bond acceptors (Lipinski definition) is 4. The Morgan fingerprint density at radius 3 is 2.88 bits per heavy atom. The quantitative estimate of drug-likeness (QED) is 0.895. The van der Waals surface area contributed by atoms with Crippen LogP contribution < -0.4 is 5.32 Å². The number of carbonyl (C=O) groups is 1. The summed E-state index contributed by atoms with van der Waals surface area (Å²) in [5, 5.41) is 4.60. The molecule has 0 radical (unpaired) electrons. The summed E-state index contributed by atoms with van der Waals surface area (Å²) < 4.78 is 23.6. The van der Waals surface area contributed by atoms with Gasteiger partial charge >= 0.3 is 0 Å². The third-order valence-corrected chi connectivity index (χ3v) is 6.28. The van der Waals surface area contributed by atoms with Crippen LogP contribution in [-0.2, 0) is 9.84 Å². The van der Waals surface area contributed by atoms with Gasteiger partial charge in [0.1, 0.15) is 4.88 Å². The van der Waals surface area contributed by atoms with Gasteiger partial charge in [0.2, 0.25) is 0 Å². The number of rotatable bonds is 2. The van der Waals surface area contributed by atoms with Crippen molar-refractivity contribution < 1.29 is 13.2 Å². The van der Waals surface area contributed by atoms with E-state index in [1.54, 1.807) is 6.07 Å². The van der Waals surface area contributed by atoms with Gasteiger partial charge in [-0.1, -0.05) is 0 Å². The average molecular weight is 338 g/mol. The average Bonchev–Trinajstić information content (AvgIpc) is 2.62. The Bertz CT molecular complexity index is 523. The van der Waals surface area contributed by atoms with E-state index >= 15 is 0 Å². The molecule has 1 N–H and O–H groups in total. The van der Waals surface area contributed by atoms with Crippen molar-refractivity contribution in [2.75, 3.05) is 11.5 Å². The Balaban J connectivity index is 2.02. The third kappa shape index (κ3) is 3.29. The Labute approximate surface area is 112 Å². The fourth-order valence-corrected chi connectivity index (χ4v) is 4.93. The van der Waals surface area contributed by atoms with Gasteiger partial charge in [-0.25, -0.2) is 8.42 Å². The van der Waals surface area contributed by atoms with Gasteiger partial charge in [-0.2, -0.15) is 0 Å². The molecule has 1 fully saturated rings. The number of thiophene rings is 1. The molecule has 1 atom stereocenters. The predicted octanol–water partition coefficient (Wildman–Crippen LogP) is 1.82. The maximum atomic E-state index is 11.9. The molecule has 1 aromatic rings. The van der Waals surface area contributed by atoms with Gasteiger partial charge in [-0.15, -0.1) is 11.3 Å². The first-order valence-electron chi connectivity index (χ1n) is 5.22. The molecule has 1 aliphatic rings. The summed E-state index contributed by atoms with van der Waals surface area (Å²) in [5.41, 5.74) is 0. The molecule has 2 rings (SSSR count). The maximum absolute atomic E-state index is 11.9. The standard InChI is InChI=1S/C10H12BrNO3S2/c11-8-3-4-16-9(8)10(13)12-7-2-1-5-17(14,15)6-7/h3-4,7H,1-2,5-6H2,(H,12,13). The van der Waals surface area contributed by atoms with Gasteiger partial charge < -0.3 is 5.32 Å². The molecule has 1 aliphatic heterocycles. The van der Waals surface area contributed by atoms with Gasteiger partial charge in [0, 0.05) is 10.5 Å². The van der Waals surface area contributed by atoms with Crippen LogP contribution in [0.5, 0.6) is 0 Å². The molecule has 0 aromatic carbocycles. The summed E-state index contributed by atoms with van der Waals surface area (Å²) in [4.78, 5) is 12.5. The van der Waals surface area contributed by atoms with Crippen LogP contribution in [0.2, 0.25) is 0 Å². The second-order valence-electron chi connectivity index (χ2n) is 4.02. The molecule has 7 heteroatoms. The van der Waals surface area contributed by atoms with E-state index in [9.17, 15) is 13.2 Å². The van der Waals surface area contributed by atoms with Crippen molar-refractivity contribution >= 4 is 43.0 Å². The zero-order valence-electron chi connectivity index (χ0n) is 8.98. The van der Waals surface area contributed by atoms with Crippen molar-refractivity contribution in [1.82, 2.24) is 5.32 Å². The van der Waals surface area contributed by atoms with Crippen molar-refractivity contribution in [3.05, 3.63) is 20.8 Å². The second kappa shape index (κ2) is 5.07. The lowest BCUT2D eigenvalue weighted by molar-refractivity contribution is 0.0941. The van der Waals surface area contributed by atoms with Gasteiger partial charge in [0.05, 0.1) is 11.5 Å². The predicted molar refractivity (Wildman–Crippen MR) is 71.2 cm³/mol. The van der Waals surface area contributed by atoms with Crippen molar-refractivity contribution in [3.8, 4) is 0 Å². The van der Waals surface area contributed by atoms with Gasteiger partial charge in [-0.05, 0) is 40.2 Å². The van der Waals surface area contributed by atoms with Crippen molar-refractivity contribution in [2.24, 2.45) is 0 Å². The van der Waals surface area contributed by atoms with Crippen LogP contribution in [0.4, 0.5) is 0 Å². The Morgan fingerprint density at radius 1 is 1.53 bits per heavy atom. The smallest absolute Gasteiger partial charge is 0.262 e. The molecule has 0 aliphatic carbocycles. The summed E-state index contributed by atoms with van der Waals surface area (Å²) >= 11 is 4.62. The minimum Gasteiger partial charge on any atom is -0.348 e. The van der Waals surface area contributed by atoms with E-state index in [1.807, 2.05) is 5.38 Å². The number of nitrogens with one attached hydrogen (secondary N) is 1. The molecule has 94 valence electrons. The number of hydrogen-bond donors (Lipinski definition) is 1. The first kappa shape index (κ1) is 13.0. The topological polar surface area (TPSA) is 63.2 Å². The van der Waals surface area contributed by atoms with Crippen molar-refractivity contribution in [2.45, 2.75) is 18.9 Å². The largest absolute Gasteiger partial charge is 0.348 e. The Hall–Kier alpha value is -0.400. The number of sulfone groups is 1. The zero-order valence-corrected chi connectivity index (χ0v) is 12.2. The summed E-state index contributed by atoms with van der Waals surface area (Å²) in [6, 6.07) is 1.55. The SMILES string of the molecule is O=C(NC1CCCS(=O)(=O)C1)c1sccc1Br. The number of amides is 1. The molecule has 1 amide bonds. The fourth-order valence-electron chi connectivity index (χ4n) is 1.84. The van der Waals surface area contributed by atoms with Crippen LogP contribution in [0, 0.1) is 0 Å². The van der Waals surface area contributed by atoms with E-state index in [0.29, 0.717) is 11.3 Å². The Kier molecular flexibility index (Phi) is 3.89. The van der Waals surface area contributed by atoms with Crippen molar-refractivity contribution in [3.63, 3.8) is 0 Å². The minimum absolute atomic E-state index is 0.0573. The van der Waals surface area contributed by atoms with E-state index in [4.69, 9.17) is 0 Å². The molecule has 17 heavy (non-hydrogen) atoms. The van der Waals surface area contributed by atoms with E-state index in [2.05, 4.69) is 21.2 Å². The van der Waals surface area contributed by atoms with E-state index in [0.717, 1.165) is 10.9 Å². The fraction of sp³-hybridized carbons (Fsp3) is 0.500. The van der Waals surface area contributed by atoms with Crippen LogP contribution in [0.25, 0.3) is 0 Å². The highest BCUT2D eigenvalue weighted by Gasteiger charge is 2.26. The number of carbonyl (C=O) groups excluding carboxylic acids is 1. The summed E-state index contributed by atoms with van der Waals surface area (Å²) in [7, 11) is -2.98. The van der Waals surface area contributed by atoms with Gasteiger partial charge in [-0.3, -0.25) is 4.79 Å². The zero-order chi connectivity index (χ0) is 12.5. The lowest BCUT2D eigenvalue weighted by atomic mass is 10.2. The van der Waals surface area contributed by atoms with Crippen LogP contribution in [0.3, 0.4) is 0 Å². The lowest BCUT2D eigenvalue weighted by Crippen LogP contribution is -2.43. The van der Waals surface area contributed by atoms with E-state index < -0.39 is 9.84 Å². The van der Waals surface area contributed by atoms with Crippen LogP contribution in [-0.4, -0.2) is 31.9 Å². The first-order chi connectivity index (χ1) is 7.98. The molecule has 1 saturated heterocycles. The monoisotopic (exact) mass is 337 g/mol. The molecule has 4 nitrogen and oxygen atoms in total. The number of halogens is 1. The molecule has 0 bridgehead atoms. The molecule has 0 saturated carbocycles. The van der Waals surface area contributed by atoms with E-state index in [-0.39, 0.29) is 23.5 Å². The Morgan fingerprint density at radius 2 is 2.29 bits per heavy atom. The second-order valence-corrected chi connectivity index (χ2v) is 8.02. The highest BCUT2D eigenvalue weighted by atomic mass is 79.9. The van der Waals surface area contributed by atoms with Gasteiger partial charge in [0.15, 0.2) is 9.84 Å². The molecule has 1 aromatic heterocycles. The highest BCUT2D eigenvalue weighted by Crippen LogP contribution is 2.23. The normalized spacial score (nSPS) is 23.2. The summed E-state index contributed by atoms with van der Waals surface area (Å²) in [6.07, 6.45) is 1.35. The summed E-state index contributed by atoms with van der Waals surface area (Å²) in [5.74, 6) is 0.0954. The van der Waals surface area contributed by atoms with Crippen molar-refractivity contribution in [1.29, 1.82) is 0 Å². The maximum Gasteiger partial charge on any atom is 0.262 e. The molecule has 0 spiro atoms. The third-order valence-electron chi connectivity index (χ3n) is 2.62. The molecular formula is C10H12BrNO3S2. The van der Waals surface area contributed by atoms with Gasteiger partial charge in [0.25, 0.3) is 5.91 Å². The van der Waals surface area contributed by atoms with E-state index in [1.165, 1.54) is 11.3 Å². The molecular weight excluding hydrogens is 326 g/mol. The van der Waals surface area contributed by atoms with Crippen LogP contribution in [0.15, 0.2) is 15.9 Å².